The molecular formula is C11H18N2O2. The Labute approximate surface area is 90.1 Å². The summed E-state index contributed by atoms with van der Waals surface area (Å²) in [4.78, 5) is 0. The average molecular weight is 210 g/mol. The van der Waals surface area contributed by atoms with Crippen LogP contribution in [0.4, 0.5) is 5.69 Å². The van der Waals surface area contributed by atoms with E-state index in [1.165, 1.54) is 5.56 Å². The number of rotatable bonds is 7. The molecule has 0 unspecified atom stereocenters. The molecule has 1 aromatic rings. The zero-order chi connectivity index (χ0) is 10.9. The summed E-state index contributed by atoms with van der Waals surface area (Å²) in [6.07, 6.45) is 0. The highest BCUT2D eigenvalue weighted by Gasteiger charge is 1.92. The summed E-state index contributed by atoms with van der Waals surface area (Å²) in [5.74, 6) is 0. The Morgan fingerprint density at radius 3 is 2.60 bits per heavy atom. The fraction of sp³-hybridized carbons (Fsp3) is 0.455. The minimum absolute atomic E-state index is 0.0813. The number of nitrogens with one attached hydrogen (secondary N) is 1. The van der Waals surface area contributed by atoms with Crippen molar-refractivity contribution in [2.24, 2.45) is 0 Å². The van der Waals surface area contributed by atoms with Crippen LogP contribution >= 0.6 is 0 Å². The lowest BCUT2D eigenvalue weighted by atomic mass is 10.2. The number of hydrogen-bond acceptors (Lipinski definition) is 4. The summed E-state index contributed by atoms with van der Waals surface area (Å²) in [6, 6.07) is 7.77. The molecule has 0 amide bonds. The van der Waals surface area contributed by atoms with E-state index in [-0.39, 0.29) is 6.61 Å². The van der Waals surface area contributed by atoms with Gasteiger partial charge in [-0.3, -0.25) is 0 Å². The maximum Gasteiger partial charge on any atom is 0.0698 e. The summed E-state index contributed by atoms with van der Waals surface area (Å²) in [5.41, 5.74) is 7.56. The van der Waals surface area contributed by atoms with Gasteiger partial charge in [0.05, 0.1) is 19.8 Å². The van der Waals surface area contributed by atoms with Gasteiger partial charge in [-0.15, -0.1) is 0 Å². The molecule has 0 aliphatic heterocycles. The fourth-order valence-corrected chi connectivity index (χ4v) is 1.18. The van der Waals surface area contributed by atoms with E-state index in [0.29, 0.717) is 13.2 Å². The highest BCUT2D eigenvalue weighted by molar-refractivity contribution is 5.39. The van der Waals surface area contributed by atoms with Gasteiger partial charge in [-0.1, -0.05) is 12.1 Å². The minimum atomic E-state index is 0.0813. The van der Waals surface area contributed by atoms with Crippen LogP contribution in [0.1, 0.15) is 5.56 Å². The number of aliphatic hydroxyl groups excluding tert-OH is 1. The summed E-state index contributed by atoms with van der Waals surface area (Å²) in [6.45, 7) is 2.70. The van der Waals surface area contributed by atoms with Gasteiger partial charge in [-0.2, -0.15) is 0 Å². The van der Waals surface area contributed by atoms with Crippen molar-refractivity contribution >= 4 is 5.69 Å². The van der Waals surface area contributed by atoms with Crippen molar-refractivity contribution in [1.29, 1.82) is 0 Å². The van der Waals surface area contributed by atoms with Crippen molar-refractivity contribution in [2.45, 2.75) is 6.54 Å². The molecule has 0 bridgehead atoms. The molecule has 0 aliphatic rings. The molecule has 4 heteroatoms. The highest BCUT2D eigenvalue weighted by atomic mass is 16.5. The quantitative estimate of drug-likeness (QED) is 0.449. The molecule has 0 spiro atoms. The first-order chi connectivity index (χ1) is 7.33. The van der Waals surface area contributed by atoms with E-state index in [0.717, 1.165) is 18.8 Å². The molecule has 0 aliphatic carbocycles. The van der Waals surface area contributed by atoms with E-state index in [9.17, 15) is 0 Å². The minimum Gasteiger partial charge on any atom is -0.399 e. The van der Waals surface area contributed by atoms with Gasteiger partial charge in [0, 0.05) is 18.8 Å². The van der Waals surface area contributed by atoms with Crippen LogP contribution in [0.2, 0.25) is 0 Å². The van der Waals surface area contributed by atoms with E-state index in [2.05, 4.69) is 5.32 Å². The van der Waals surface area contributed by atoms with Crippen LogP contribution in [-0.4, -0.2) is 31.5 Å². The summed E-state index contributed by atoms with van der Waals surface area (Å²) >= 11 is 0. The lowest BCUT2D eigenvalue weighted by molar-refractivity contribution is 0.0938. The van der Waals surface area contributed by atoms with Crippen LogP contribution in [0.3, 0.4) is 0 Å². The number of nitrogen functional groups attached to an aromatic ring is 1. The monoisotopic (exact) mass is 210 g/mol. The lowest BCUT2D eigenvalue weighted by Crippen LogP contribution is -2.19. The first kappa shape index (κ1) is 12.0. The van der Waals surface area contributed by atoms with Crippen LogP contribution < -0.4 is 11.1 Å². The normalized spacial score (nSPS) is 10.5. The number of ether oxygens (including phenoxy) is 1. The van der Waals surface area contributed by atoms with E-state index in [1.807, 2.05) is 24.3 Å². The largest absolute Gasteiger partial charge is 0.399 e. The van der Waals surface area contributed by atoms with E-state index >= 15 is 0 Å². The molecule has 0 atom stereocenters. The summed E-state index contributed by atoms with van der Waals surface area (Å²) in [7, 11) is 0. The average Bonchev–Trinajstić information content (AvgIpc) is 2.26. The molecule has 4 nitrogen and oxygen atoms in total. The van der Waals surface area contributed by atoms with Crippen molar-refractivity contribution in [2.75, 3.05) is 32.1 Å². The molecule has 0 heterocycles. The zero-order valence-electron chi connectivity index (χ0n) is 8.78. The number of aliphatic hydroxyl groups is 1. The Kier molecular flexibility index (Phi) is 5.77. The van der Waals surface area contributed by atoms with Crippen molar-refractivity contribution in [3.63, 3.8) is 0 Å². The predicted octanol–water partition coefficient (Wildman–Crippen LogP) is 0.367. The zero-order valence-corrected chi connectivity index (χ0v) is 8.78. The van der Waals surface area contributed by atoms with E-state index in [1.54, 1.807) is 0 Å². The van der Waals surface area contributed by atoms with E-state index in [4.69, 9.17) is 15.6 Å². The topological polar surface area (TPSA) is 67.5 Å². The molecule has 0 aromatic heterocycles. The maximum absolute atomic E-state index is 8.47. The van der Waals surface area contributed by atoms with Crippen molar-refractivity contribution in [3.05, 3.63) is 29.8 Å². The second-order valence-electron chi connectivity index (χ2n) is 3.25. The standard InChI is InChI=1S/C11H18N2O2/c12-11-3-1-10(2-4-11)9-13-5-7-15-8-6-14/h1-4,13-14H,5-9,12H2. The molecular weight excluding hydrogens is 192 g/mol. The number of anilines is 1. The van der Waals surface area contributed by atoms with Gasteiger partial charge < -0.3 is 20.9 Å². The Morgan fingerprint density at radius 2 is 1.93 bits per heavy atom. The fourth-order valence-electron chi connectivity index (χ4n) is 1.18. The Morgan fingerprint density at radius 1 is 1.20 bits per heavy atom. The molecule has 84 valence electrons. The molecule has 15 heavy (non-hydrogen) atoms. The van der Waals surface area contributed by atoms with Crippen molar-refractivity contribution in [1.82, 2.24) is 5.32 Å². The molecule has 0 radical (unpaired) electrons. The van der Waals surface area contributed by atoms with Crippen LogP contribution in [0, 0.1) is 0 Å². The summed E-state index contributed by atoms with van der Waals surface area (Å²) in [5, 5.41) is 11.7. The number of hydrogen-bond donors (Lipinski definition) is 3. The third-order valence-corrected chi connectivity index (χ3v) is 1.97. The Bertz CT molecular complexity index is 262. The summed E-state index contributed by atoms with van der Waals surface area (Å²) < 4.78 is 5.11. The number of nitrogens with two attached hydrogens (primary N) is 1. The highest BCUT2D eigenvalue weighted by Crippen LogP contribution is 2.04. The molecule has 1 rings (SSSR count). The first-order valence-electron chi connectivity index (χ1n) is 5.06. The lowest BCUT2D eigenvalue weighted by Gasteiger charge is -2.05. The SMILES string of the molecule is Nc1ccc(CNCCOCCO)cc1. The van der Waals surface area contributed by atoms with Crippen LogP contribution in [-0.2, 0) is 11.3 Å². The van der Waals surface area contributed by atoms with E-state index < -0.39 is 0 Å². The Balaban J connectivity index is 2.07. The maximum atomic E-state index is 8.47. The molecule has 4 N–H and O–H groups in total. The Hall–Kier alpha value is -1.10. The predicted molar refractivity (Wildman–Crippen MR) is 60.5 cm³/mol. The third kappa shape index (κ3) is 5.37. The van der Waals surface area contributed by atoms with Gasteiger partial charge in [-0.25, -0.2) is 0 Å². The third-order valence-electron chi connectivity index (χ3n) is 1.97. The van der Waals surface area contributed by atoms with Gasteiger partial charge in [0.1, 0.15) is 0 Å². The van der Waals surface area contributed by atoms with Crippen LogP contribution in [0.25, 0.3) is 0 Å². The molecule has 0 saturated heterocycles. The second-order valence-corrected chi connectivity index (χ2v) is 3.25. The van der Waals surface area contributed by atoms with Gasteiger partial charge in [0.15, 0.2) is 0 Å². The molecule has 0 saturated carbocycles. The van der Waals surface area contributed by atoms with Gasteiger partial charge in [0.25, 0.3) is 0 Å². The van der Waals surface area contributed by atoms with Gasteiger partial charge in [-0.05, 0) is 17.7 Å². The van der Waals surface area contributed by atoms with Gasteiger partial charge >= 0.3 is 0 Å². The molecule has 1 aromatic carbocycles. The number of benzene rings is 1. The molecule has 0 fully saturated rings. The van der Waals surface area contributed by atoms with Crippen LogP contribution in [0.15, 0.2) is 24.3 Å². The van der Waals surface area contributed by atoms with Gasteiger partial charge in [0.2, 0.25) is 0 Å². The smallest absolute Gasteiger partial charge is 0.0698 e. The first-order valence-corrected chi connectivity index (χ1v) is 5.06. The second kappa shape index (κ2) is 7.23. The van der Waals surface area contributed by atoms with Crippen LogP contribution in [0.5, 0.6) is 0 Å². The van der Waals surface area contributed by atoms with Crippen molar-refractivity contribution in [3.8, 4) is 0 Å². The van der Waals surface area contributed by atoms with Crippen molar-refractivity contribution < 1.29 is 9.84 Å².